The van der Waals surface area contributed by atoms with Gasteiger partial charge in [0.2, 0.25) is 0 Å². The molecule has 5 nitrogen and oxygen atoms in total. The van der Waals surface area contributed by atoms with Gasteiger partial charge < -0.3 is 14.9 Å². The summed E-state index contributed by atoms with van der Waals surface area (Å²) in [4.78, 5) is 21.7. The van der Waals surface area contributed by atoms with Crippen LogP contribution in [-0.2, 0) is 4.79 Å². The van der Waals surface area contributed by atoms with Crippen molar-refractivity contribution in [1.29, 1.82) is 0 Å². The standard InChI is InChI=1S/C12H10BrF3O5/c1-5(13)9(17)7-4-6(10(18)11(19)20)2-3-8(7)21-12(14,15)16/h2-5,10,18H,1H3,(H,19,20). The highest BCUT2D eigenvalue weighted by molar-refractivity contribution is 9.10. The quantitative estimate of drug-likeness (QED) is 0.614. The Morgan fingerprint density at radius 2 is 1.90 bits per heavy atom. The van der Waals surface area contributed by atoms with Gasteiger partial charge in [-0.3, -0.25) is 4.79 Å². The van der Waals surface area contributed by atoms with E-state index in [1.165, 1.54) is 6.92 Å². The number of ketones is 1. The van der Waals surface area contributed by atoms with Crippen LogP contribution in [0.3, 0.4) is 0 Å². The number of halogens is 4. The van der Waals surface area contributed by atoms with E-state index in [2.05, 4.69) is 20.7 Å². The number of carbonyl (C=O) groups is 2. The lowest BCUT2D eigenvalue weighted by molar-refractivity contribution is -0.274. The van der Waals surface area contributed by atoms with Crippen LogP contribution in [0.2, 0.25) is 0 Å². The molecule has 21 heavy (non-hydrogen) atoms. The molecule has 0 saturated heterocycles. The first-order valence-corrected chi connectivity index (χ1v) is 6.43. The maximum atomic E-state index is 12.3. The van der Waals surface area contributed by atoms with Crippen molar-refractivity contribution in [3.05, 3.63) is 29.3 Å². The average Bonchev–Trinajstić information content (AvgIpc) is 2.35. The van der Waals surface area contributed by atoms with Crippen LogP contribution in [0.5, 0.6) is 5.75 Å². The van der Waals surface area contributed by atoms with Gasteiger partial charge in [-0.25, -0.2) is 4.79 Å². The molecule has 0 aliphatic heterocycles. The number of Topliss-reactive ketones (excluding diaryl/α,β-unsaturated/α-hetero) is 1. The number of aliphatic carboxylic acids is 1. The van der Waals surface area contributed by atoms with Crippen LogP contribution in [0.25, 0.3) is 0 Å². The molecule has 2 atom stereocenters. The van der Waals surface area contributed by atoms with Gasteiger partial charge in [-0.1, -0.05) is 22.0 Å². The molecule has 1 aromatic rings. The van der Waals surface area contributed by atoms with Gasteiger partial charge >= 0.3 is 12.3 Å². The molecule has 0 saturated carbocycles. The number of aliphatic hydroxyl groups excluding tert-OH is 1. The van der Waals surface area contributed by atoms with Gasteiger partial charge in [0, 0.05) is 0 Å². The van der Waals surface area contributed by atoms with E-state index in [1.54, 1.807) is 0 Å². The van der Waals surface area contributed by atoms with Crippen LogP contribution in [0, 0.1) is 0 Å². The highest BCUT2D eigenvalue weighted by atomic mass is 79.9. The van der Waals surface area contributed by atoms with Crippen molar-refractivity contribution in [3.63, 3.8) is 0 Å². The molecule has 116 valence electrons. The van der Waals surface area contributed by atoms with Crippen molar-refractivity contribution < 1.29 is 37.7 Å². The Bertz CT molecular complexity index is 556. The zero-order valence-corrected chi connectivity index (χ0v) is 12.1. The van der Waals surface area contributed by atoms with Gasteiger partial charge in [-0.05, 0) is 24.6 Å². The van der Waals surface area contributed by atoms with E-state index in [9.17, 15) is 27.9 Å². The normalized spacial score (nSPS) is 14.4. The maximum Gasteiger partial charge on any atom is 0.573 e. The molecule has 0 bridgehead atoms. The number of hydrogen-bond acceptors (Lipinski definition) is 4. The van der Waals surface area contributed by atoms with Crippen molar-refractivity contribution in [2.45, 2.75) is 24.2 Å². The fourth-order valence-corrected chi connectivity index (χ4v) is 1.73. The molecule has 0 fully saturated rings. The molecule has 1 rings (SSSR count). The third-order valence-electron chi connectivity index (χ3n) is 2.41. The van der Waals surface area contributed by atoms with Gasteiger partial charge in [0.05, 0.1) is 10.4 Å². The molecular weight excluding hydrogens is 361 g/mol. The molecular formula is C12H10BrF3O5. The lowest BCUT2D eigenvalue weighted by atomic mass is 10.0. The Morgan fingerprint density at radius 1 is 1.33 bits per heavy atom. The number of carboxylic acid groups (broad SMARTS) is 1. The fraction of sp³-hybridized carbons (Fsp3) is 0.333. The van der Waals surface area contributed by atoms with Crippen molar-refractivity contribution >= 4 is 27.7 Å². The monoisotopic (exact) mass is 370 g/mol. The lowest BCUT2D eigenvalue weighted by Gasteiger charge is -2.15. The van der Waals surface area contributed by atoms with Gasteiger partial charge in [0.25, 0.3) is 0 Å². The molecule has 0 radical (unpaired) electrons. The third kappa shape index (κ3) is 4.71. The van der Waals surface area contributed by atoms with Gasteiger partial charge in [0.1, 0.15) is 5.75 Å². The van der Waals surface area contributed by atoms with Gasteiger partial charge in [0.15, 0.2) is 11.9 Å². The Morgan fingerprint density at radius 3 is 2.33 bits per heavy atom. The minimum atomic E-state index is -5.00. The van der Waals surface area contributed by atoms with E-state index in [0.29, 0.717) is 0 Å². The summed E-state index contributed by atoms with van der Waals surface area (Å²) >= 11 is 2.92. The van der Waals surface area contributed by atoms with E-state index in [4.69, 9.17) is 5.11 Å². The largest absolute Gasteiger partial charge is 0.573 e. The maximum absolute atomic E-state index is 12.3. The number of benzene rings is 1. The van der Waals surface area contributed by atoms with Gasteiger partial charge in [-0.2, -0.15) is 0 Å². The summed E-state index contributed by atoms with van der Waals surface area (Å²) in [6, 6.07) is 2.59. The summed E-state index contributed by atoms with van der Waals surface area (Å²) in [5.74, 6) is -3.10. The smallest absolute Gasteiger partial charge is 0.479 e. The molecule has 0 aromatic heterocycles. The summed E-state index contributed by atoms with van der Waals surface area (Å²) in [5, 5.41) is 18.1. The highest BCUT2D eigenvalue weighted by Crippen LogP contribution is 2.30. The second-order valence-electron chi connectivity index (χ2n) is 4.02. The highest BCUT2D eigenvalue weighted by Gasteiger charge is 2.34. The van der Waals surface area contributed by atoms with E-state index < -0.39 is 40.4 Å². The van der Waals surface area contributed by atoms with Crippen LogP contribution >= 0.6 is 15.9 Å². The predicted molar refractivity (Wildman–Crippen MR) is 68.4 cm³/mol. The number of rotatable bonds is 5. The second-order valence-corrected chi connectivity index (χ2v) is 5.40. The molecule has 0 amide bonds. The first kappa shape index (κ1) is 17.4. The molecule has 2 N–H and O–H groups in total. The molecule has 9 heteroatoms. The minimum absolute atomic E-state index is 0.228. The number of hydrogen-bond donors (Lipinski definition) is 2. The summed E-state index contributed by atoms with van der Waals surface area (Å²) in [5.41, 5.74) is -0.706. The van der Waals surface area contributed by atoms with E-state index in [0.717, 1.165) is 18.2 Å². The van der Waals surface area contributed by atoms with Crippen LogP contribution in [0.4, 0.5) is 13.2 Å². The minimum Gasteiger partial charge on any atom is -0.479 e. The van der Waals surface area contributed by atoms with Crippen LogP contribution in [0.1, 0.15) is 28.9 Å². The van der Waals surface area contributed by atoms with E-state index in [1.807, 2.05) is 0 Å². The van der Waals surface area contributed by atoms with Crippen LogP contribution in [-0.4, -0.2) is 33.2 Å². The second kappa shape index (κ2) is 6.44. The summed E-state index contributed by atoms with van der Waals surface area (Å²) in [6.07, 6.45) is -6.96. The number of ether oxygens (including phenoxy) is 1. The number of alkyl halides is 4. The predicted octanol–water partition coefficient (Wildman–Crippen LogP) is 2.67. The summed E-state index contributed by atoms with van der Waals surface area (Å²) in [7, 11) is 0. The van der Waals surface area contributed by atoms with Gasteiger partial charge in [-0.15, -0.1) is 13.2 Å². The Hall–Kier alpha value is -1.61. The molecule has 0 aliphatic carbocycles. The van der Waals surface area contributed by atoms with Crippen molar-refractivity contribution in [1.82, 2.24) is 0 Å². The van der Waals surface area contributed by atoms with Crippen LogP contribution in [0.15, 0.2) is 18.2 Å². The van der Waals surface area contributed by atoms with E-state index >= 15 is 0 Å². The number of aliphatic hydroxyl groups is 1. The molecule has 0 spiro atoms. The average molecular weight is 371 g/mol. The lowest BCUT2D eigenvalue weighted by Crippen LogP contribution is -2.21. The van der Waals surface area contributed by atoms with Crippen molar-refractivity contribution in [2.24, 2.45) is 0 Å². The first-order chi connectivity index (χ1) is 9.53. The van der Waals surface area contributed by atoms with Crippen molar-refractivity contribution in [3.8, 4) is 5.75 Å². The summed E-state index contributed by atoms with van der Waals surface area (Å²) in [6.45, 7) is 1.39. The SMILES string of the molecule is CC(Br)C(=O)c1cc(C(O)C(=O)O)ccc1OC(F)(F)F. The number of carbonyl (C=O) groups excluding carboxylic acids is 1. The molecule has 0 heterocycles. The molecule has 0 aliphatic rings. The Labute approximate surface area is 125 Å². The topological polar surface area (TPSA) is 83.8 Å². The van der Waals surface area contributed by atoms with Crippen LogP contribution < -0.4 is 4.74 Å². The van der Waals surface area contributed by atoms with Crippen molar-refractivity contribution in [2.75, 3.05) is 0 Å². The zero-order chi connectivity index (χ0) is 16.4. The zero-order valence-electron chi connectivity index (χ0n) is 10.5. The Balaban J connectivity index is 3.33. The number of carboxylic acids is 1. The summed E-state index contributed by atoms with van der Waals surface area (Å²) < 4.78 is 40.6. The Kier molecular flexibility index (Phi) is 5.35. The fourth-order valence-electron chi connectivity index (χ4n) is 1.48. The first-order valence-electron chi connectivity index (χ1n) is 5.51. The van der Waals surface area contributed by atoms with E-state index in [-0.39, 0.29) is 5.56 Å². The molecule has 1 aromatic carbocycles. The molecule has 2 unspecified atom stereocenters. The third-order valence-corrected chi connectivity index (χ3v) is 2.82.